The van der Waals surface area contributed by atoms with Crippen molar-refractivity contribution in [3.05, 3.63) is 24.3 Å². The summed E-state index contributed by atoms with van der Waals surface area (Å²) in [5, 5.41) is 3.61. The first-order chi connectivity index (χ1) is 8.42. The van der Waals surface area contributed by atoms with Crippen molar-refractivity contribution in [1.82, 2.24) is 15.3 Å². The fourth-order valence-corrected chi connectivity index (χ4v) is 2.86. The van der Waals surface area contributed by atoms with Gasteiger partial charge in [0.05, 0.1) is 11.7 Å². The highest BCUT2D eigenvalue weighted by Crippen LogP contribution is 2.32. The topological polar surface area (TPSA) is 37.8 Å². The predicted octanol–water partition coefficient (Wildman–Crippen LogP) is 3.10. The van der Waals surface area contributed by atoms with Crippen LogP contribution in [-0.4, -0.2) is 16.5 Å². The summed E-state index contributed by atoms with van der Waals surface area (Å²) in [6, 6.07) is 2.47. The molecule has 1 N–H and O–H groups in total. The molecule has 1 aliphatic rings. The van der Waals surface area contributed by atoms with E-state index in [0.29, 0.717) is 6.04 Å². The molecule has 0 radical (unpaired) electrons. The number of nitrogens with zero attached hydrogens (tertiary/aromatic N) is 2. The van der Waals surface area contributed by atoms with Gasteiger partial charge >= 0.3 is 0 Å². The molecule has 0 spiro atoms. The SMILES string of the molecule is CCNC(c1ccncn1)C1CCCCCC1. The van der Waals surface area contributed by atoms with E-state index in [1.807, 2.05) is 6.20 Å². The Labute approximate surface area is 104 Å². The Hall–Kier alpha value is -0.960. The minimum Gasteiger partial charge on any atom is -0.309 e. The van der Waals surface area contributed by atoms with Crippen LogP contribution in [0.5, 0.6) is 0 Å². The molecular weight excluding hydrogens is 210 g/mol. The van der Waals surface area contributed by atoms with E-state index in [9.17, 15) is 0 Å². The van der Waals surface area contributed by atoms with Gasteiger partial charge in [-0.05, 0) is 31.4 Å². The van der Waals surface area contributed by atoms with Crippen molar-refractivity contribution in [3.8, 4) is 0 Å². The summed E-state index contributed by atoms with van der Waals surface area (Å²) in [6.45, 7) is 3.18. The van der Waals surface area contributed by atoms with Crippen LogP contribution in [0.3, 0.4) is 0 Å². The van der Waals surface area contributed by atoms with Crippen LogP contribution >= 0.6 is 0 Å². The van der Waals surface area contributed by atoms with E-state index in [1.165, 1.54) is 38.5 Å². The molecule has 1 heterocycles. The van der Waals surface area contributed by atoms with Gasteiger partial charge in [0.15, 0.2) is 0 Å². The molecule has 3 heteroatoms. The first kappa shape index (κ1) is 12.5. The number of aromatic nitrogens is 2. The van der Waals surface area contributed by atoms with Crippen LogP contribution in [0.1, 0.15) is 57.2 Å². The summed E-state index contributed by atoms with van der Waals surface area (Å²) < 4.78 is 0. The zero-order valence-corrected chi connectivity index (χ0v) is 10.7. The minimum atomic E-state index is 0.418. The summed E-state index contributed by atoms with van der Waals surface area (Å²) in [6.07, 6.45) is 11.7. The van der Waals surface area contributed by atoms with Gasteiger partial charge in [-0.1, -0.05) is 32.6 Å². The highest BCUT2D eigenvalue weighted by atomic mass is 15.0. The van der Waals surface area contributed by atoms with E-state index < -0.39 is 0 Å². The minimum absolute atomic E-state index is 0.418. The molecule has 1 saturated carbocycles. The lowest BCUT2D eigenvalue weighted by molar-refractivity contribution is 0.324. The second kappa shape index (κ2) is 6.70. The van der Waals surface area contributed by atoms with Gasteiger partial charge in [0, 0.05) is 6.20 Å². The highest BCUT2D eigenvalue weighted by Gasteiger charge is 2.24. The molecule has 1 unspecified atom stereocenters. The lowest BCUT2D eigenvalue weighted by Gasteiger charge is -2.26. The van der Waals surface area contributed by atoms with Crippen molar-refractivity contribution >= 4 is 0 Å². The van der Waals surface area contributed by atoms with E-state index in [4.69, 9.17) is 0 Å². The van der Waals surface area contributed by atoms with Crippen molar-refractivity contribution in [2.45, 2.75) is 51.5 Å². The predicted molar refractivity (Wildman–Crippen MR) is 69.6 cm³/mol. The molecule has 0 bridgehead atoms. The average molecular weight is 233 g/mol. The van der Waals surface area contributed by atoms with Crippen molar-refractivity contribution in [2.75, 3.05) is 6.54 Å². The Kier molecular flexibility index (Phi) is 4.92. The average Bonchev–Trinajstić information content (AvgIpc) is 2.66. The summed E-state index contributed by atoms with van der Waals surface area (Å²) in [5.74, 6) is 0.743. The first-order valence-corrected chi connectivity index (χ1v) is 6.91. The van der Waals surface area contributed by atoms with Crippen LogP contribution in [0.25, 0.3) is 0 Å². The van der Waals surface area contributed by atoms with Gasteiger partial charge < -0.3 is 5.32 Å². The van der Waals surface area contributed by atoms with Crippen molar-refractivity contribution in [2.24, 2.45) is 5.92 Å². The van der Waals surface area contributed by atoms with Crippen molar-refractivity contribution in [1.29, 1.82) is 0 Å². The zero-order valence-electron chi connectivity index (χ0n) is 10.7. The van der Waals surface area contributed by atoms with E-state index in [0.717, 1.165) is 18.2 Å². The van der Waals surface area contributed by atoms with Gasteiger partial charge in [0.2, 0.25) is 0 Å². The molecule has 0 saturated heterocycles. The third kappa shape index (κ3) is 3.50. The van der Waals surface area contributed by atoms with Crippen LogP contribution in [0.4, 0.5) is 0 Å². The van der Waals surface area contributed by atoms with Crippen LogP contribution < -0.4 is 5.32 Å². The van der Waals surface area contributed by atoms with Crippen LogP contribution in [-0.2, 0) is 0 Å². The van der Waals surface area contributed by atoms with E-state index in [1.54, 1.807) is 6.33 Å². The van der Waals surface area contributed by atoms with Crippen molar-refractivity contribution in [3.63, 3.8) is 0 Å². The summed E-state index contributed by atoms with van der Waals surface area (Å²) in [4.78, 5) is 8.44. The van der Waals surface area contributed by atoms with Gasteiger partial charge in [-0.25, -0.2) is 9.97 Å². The number of nitrogens with one attached hydrogen (secondary N) is 1. The highest BCUT2D eigenvalue weighted by molar-refractivity contribution is 5.06. The summed E-state index contributed by atoms with van der Waals surface area (Å²) in [5.41, 5.74) is 1.16. The first-order valence-electron chi connectivity index (χ1n) is 6.91. The van der Waals surface area contributed by atoms with Gasteiger partial charge in [-0.3, -0.25) is 0 Å². The van der Waals surface area contributed by atoms with Gasteiger partial charge in [-0.2, -0.15) is 0 Å². The smallest absolute Gasteiger partial charge is 0.115 e. The van der Waals surface area contributed by atoms with Crippen LogP contribution in [0.2, 0.25) is 0 Å². The standard InChI is InChI=1S/C14H23N3/c1-2-16-14(13-9-10-15-11-17-13)12-7-5-3-4-6-8-12/h9-12,14,16H,2-8H2,1H3. The molecule has 0 amide bonds. The van der Waals surface area contributed by atoms with Gasteiger partial charge in [0.25, 0.3) is 0 Å². The maximum Gasteiger partial charge on any atom is 0.115 e. The molecule has 3 nitrogen and oxygen atoms in total. The monoisotopic (exact) mass is 233 g/mol. The number of hydrogen-bond acceptors (Lipinski definition) is 3. The van der Waals surface area contributed by atoms with Crippen LogP contribution in [0, 0.1) is 5.92 Å². The molecule has 1 aromatic rings. The number of hydrogen-bond donors (Lipinski definition) is 1. The summed E-state index contributed by atoms with van der Waals surface area (Å²) in [7, 11) is 0. The zero-order chi connectivity index (χ0) is 11.9. The van der Waals surface area contributed by atoms with E-state index >= 15 is 0 Å². The Morgan fingerprint density at radius 2 is 2.06 bits per heavy atom. The number of rotatable bonds is 4. The molecular formula is C14H23N3. The lowest BCUT2D eigenvalue weighted by atomic mass is 9.89. The Morgan fingerprint density at radius 3 is 2.65 bits per heavy atom. The molecule has 17 heavy (non-hydrogen) atoms. The molecule has 0 aromatic carbocycles. The Morgan fingerprint density at radius 1 is 1.29 bits per heavy atom. The van der Waals surface area contributed by atoms with Crippen molar-refractivity contribution < 1.29 is 0 Å². The van der Waals surface area contributed by atoms with Crippen LogP contribution in [0.15, 0.2) is 18.6 Å². The Bertz CT molecular complexity index is 305. The third-order valence-corrected chi connectivity index (χ3v) is 3.72. The molecule has 1 fully saturated rings. The second-order valence-electron chi connectivity index (χ2n) is 4.92. The van der Waals surface area contributed by atoms with E-state index in [-0.39, 0.29) is 0 Å². The van der Waals surface area contributed by atoms with E-state index in [2.05, 4.69) is 28.3 Å². The third-order valence-electron chi connectivity index (χ3n) is 3.72. The fraction of sp³-hybridized carbons (Fsp3) is 0.714. The molecule has 94 valence electrons. The Balaban J connectivity index is 2.10. The molecule has 1 aliphatic carbocycles. The maximum absolute atomic E-state index is 4.43. The molecule has 1 aromatic heterocycles. The molecule has 2 rings (SSSR count). The molecule has 0 aliphatic heterocycles. The van der Waals surface area contributed by atoms with Gasteiger partial charge in [0.1, 0.15) is 6.33 Å². The quantitative estimate of drug-likeness (QED) is 0.812. The van der Waals surface area contributed by atoms with Gasteiger partial charge in [-0.15, -0.1) is 0 Å². The lowest BCUT2D eigenvalue weighted by Crippen LogP contribution is -2.29. The largest absolute Gasteiger partial charge is 0.309 e. The second-order valence-corrected chi connectivity index (χ2v) is 4.92. The normalized spacial score (nSPS) is 19.8. The summed E-state index contributed by atoms with van der Waals surface area (Å²) >= 11 is 0. The maximum atomic E-state index is 4.43. The fourth-order valence-electron chi connectivity index (χ4n) is 2.86. The molecule has 1 atom stereocenters.